The number of carbonyl (C=O) groups is 1. The lowest BCUT2D eigenvalue weighted by molar-refractivity contribution is -0.132. The third-order valence-corrected chi connectivity index (χ3v) is 2.57. The number of hydrogen-bond acceptors (Lipinski definition) is 4. The Labute approximate surface area is 91.0 Å². The van der Waals surface area contributed by atoms with Crippen LogP contribution in [0.1, 0.15) is 6.42 Å². The fourth-order valence-electron chi connectivity index (χ4n) is 1.66. The summed E-state index contributed by atoms with van der Waals surface area (Å²) >= 11 is 0. The number of nitrogens with zero attached hydrogens (tertiary/aromatic N) is 2. The van der Waals surface area contributed by atoms with Gasteiger partial charge in [0.05, 0.1) is 6.54 Å². The molecular weight excluding hydrogens is 194 g/mol. The summed E-state index contributed by atoms with van der Waals surface area (Å²) in [6, 6.07) is 0. The lowest BCUT2D eigenvalue weighted by Crippen LogP contribution is -2.49. The number of rotatable bonds is 5. The van der Waals surface area contributed by atoms with E-state index in [1.165, 1.54) is 0 Å². The van der Waals surface area contributed by atoms with Crippen LogP contribution in [0.3, 0.4) is 0 Å². The van der Waals surface area contributed by atoms with E-state index in [0.717, 1.165) is 39.1 Å². The molecule has 1 rings (SSSR count). The second kappa shape index (κ2) is 6.76. The van der Waals surface area contributed by atoms with Crippen molar-refractivity contribution in [1.29, 1.82) is 0 Å². The highest BCUT2D eigenvalue weighted by atomic mass is 16.3. The summed E-state index contributed by atoms with van der Waals surface area (Å²) in [5, 5.41) is 11.9. The number of amides is 1. The molecule has 0 aromatic heterocycles. The Balaban J connectivity index is 2.21. The van der Waals surface area contributed by atoms with Crippen molar-refractivity contribution >= 4 is 5.91 Å². The van der Waals surface area contributed by atoms with Crippen LogP contribution in [0, 0.1) is 0 Å². The average molecular weight is 215 g/mol. The second-order valence-electron chi connectivity index (χ2n) is 3.95. The van der Waals surface area contributed by atoms with Crippen molar-refractivity contribution in [3.8, 4) is 0 Å². The van der Waals surface area contributed by atoms with E-state index in [1.54, 1.807) is 0 Å². The summed E-state index contributed by atoms with van der Waals surface area (Å²) in [7, 11) is 1.91. The van der Waals surface area contributed by atoms with E-state index in [2.05, 4.69) is 5.32 Å². The van der Waals surface area contributed by atoms with Gasteiger partial charge in [0.1, 0.15) is 0 Å². The molecule has 1 aliphatic rings. The van der Waals surface area contributed by atoms with Crippen molar-refractivity contribution in [2.45, 2.75) is 6.42 Å². The Morgan fingerprint density at radius 3 is 2.73 bits per heavy atom. The van der Waals surface area contributed by atoms with Gasteiger partial charge in [-0.2, -0.15) is 0 Å². The first-order valence-electron chi connectivity index (χ1n) is 5.52. The summed E-state index contributed by atoms with van der Waals surface area (Å²) in [4.78, 5) is 15.6. The summed E-state index contributed by atoms with van der Waals surface area (Å²) in [5.41, 5.74) is 0. The normalized spacial score (nSPS) is 17.1. The Bertz CT molecular complexity index is 193. The molecule has 2 N–H and O–H groups in total. The Hall–Kier alpha value is -0.650. The number of piperazine rings is 1. The van der Waals surface area contributed by atoms with Crippen LogP contribution >= 0.6 is 0 Å². The number of hydrogen-bond donors (Lipinski definition) is 2. The van der Waals surface area contributed by atoms with Gasteiger partial charge in [0.15, 0.2) is 0 Å². The van der Waals surface area contributed by atoms with E-state index in [9.17, 15) is 4.79 Å². The van der Waals surface area contributed by atoms with Gasteiger partial charge in [0.2, 0.25) is 5.91 Å². The molecule has 0 unspecified atom stereocenters. The summed E-state index contributed by atoms with van der Waals surface area (Å²) in [6.07, 6.45) is 0.728. The monoisotopic (exact) mass is 215 g/mol. The molecule has 0 radical (unpaired) electrons. The van der Waals surface area contributed by atoms with Crippen LogP contribution in [0.2, 0.25) is 0 Å². The zero-order valence-electron chi connectivity index (χ0n) is 9.41. The minimum absolute atomic E-state index is 0.187. The first kappa shape index (κ1) is 12.4. The fraction of sp³-hybridized carbons (Fsp3) is 0.900. The first-order chi connectivity index (χ1) is 7.24. The van der Waals surface area contributed by atoms with E-state index < -0.39 is 0 Å². The molecule has 0 aromatic carbocycles. The third-order valence-electron chi connectivity index (χ3n) is 2.57. The maximum absolute atomic E-state index is 11.8. The topological polar surface area (TPSA) is 55.8 Å². The van der Waals surface area contributed by atoms with Crippen LogP contribution in [0.25, 0.3) is 0 Å². The standard InChI is InChI=1S/C10H21N3O2/c1-12(5-2-8-14)9-10(15)13-6-3-11-4-7-13/h11,14H,2-9H2,1H3. The molecule has 0 aliphatic carbocycles. The van der Waals surface area contributed by atoms with Gasteiger partial charge in [0, 0.05) is 39.3 Å². The van der Waals surface area contributed by atoms with Gasteiger partial charge in [-0.3, -0.25) is 9.69 Å². The van der Waals surface area contributed by atoms with Crippen LogP contribution in [-0.4, -0.2) is 73.7 Å². The SMILES string of the molecule is CN(CCCO)CC(=O)N1CCNCC1. The molecule has 1 amide bonds. The van der Waals surface area contributed by atoms with E-state index in [-0.39, 0.29) is 12.5 Å². The Morgan fingerprint density at radius 1 is 1.47 bits per heavy atom. The molecule has 88 valence electrons. The number of aliphatic hydroxyl groups is 1. The van der Waals surface area contributed by atoms with Gasteiger partial charge >= 0.3 is 0 Å². The van der Waals surface area contributed by atoms with Gasteiger partial charge in [0.25, 0.3) is 0 Å². The molecule has 5 heteroatoms. The third kappa shape index (κ3) is 4.59. The highest BCUT2D eigenvalue weighted by Crippen LogP contribution is 1.96. The van der Waals surface area contributed by atoms with E-state index >= 15 is 0 Å². The average Bonchev–Trinajstić information content (AvgIpc) is 2.27. The molecule has 0 bridgehead atoms. The quantitative estimate of drug-likeness (QED) is 0.600. The molecule has 1 saturated heterocycles. The van der Waals surface area contributed by atoms with Crippen molar-refractivity contribution < 1.29 is 9.90 Å². The minimum Gasteiger partial charge on any atom is -0.396 e. The number of nitrogens with one attached hydrogen (secondary N) is 1. The van der Waals surface area contributed by atoms with Crippen molar-refractivity contribution in [2.75, 3.05) is 52.9 Å². The smallest absolute Gasteiger partial charge is 0.236 e. The largest absolute Gasteiger partial charge is 0.396 e. The van der Waals surface area contributed by atoms with Gasteiger partial charge in [-0.05, 0) is 13.5 Å². The number of carbonyl (C=O) groups excluding carboxylic acids is 1. The predicted octanol–water partition coefficient (Wildman–Crippen LogP) is -1.27. The lowest BCUT2D eigenvalue weighted by atomic mass is 10.3. The van der Waals surface area contributed by atoms with Gasteiger partial charge in [-0.25, -0.2) is 0 Å². The first-order valence-corrected chi connectivity index (χ1v) is 5.52. The second-order valence-corrected chi connectivity index (χ2v) is 3.95. The molecule has 0 spiro atoms. The molecule has 0 saturated carbocycles. The molecular formula is C10H21N3O2. The van der Waals surface area contributed by atoms with E-state index in [4.69, 9.17) is 5.11 Å². The van der Waals surface area contributed by atoms with Crippen LogP contribution in [-0.2, 0) is 4.79 Å². The molecule has 1 fully saturated rings. The van der Waals surface area contributed by atoms with Gasteiger partial charge < -0.3 is 15.3 Å². The fourth-order valence-corrected chi connectivity index (χ4v) is 1.66. The minimum atomic E-state index is 0.187. The molecule has 15 heavy (non-hydrogen) atoms. The van der Waals surface area contributed by atoms with Crippen molar-refractivity contribution in [1.82, 2.24) is 15.1 Å². The van der Waals surface area contributed by atoms with Crippen molar-refractivity contribution in [3.63, 3.8) is 0 Å². The maximum atomic E-state index is 11.8. The van der Waals surface area contributed by atoms with Crippen LogP contribution in [0.15, 0.2) is 0 Å². The summed E-state index contributed by atoms with van der Waals surface area (Å²) in [6.45, 7) is 4.83. The summed E-state index contributed by atoms with van der Waals surface area (Å²) in [5.74, 6) is 0.192. The molecule has 5 nitrogen and oxygen atoms in total. The summed E-state index contributed by atoms with van der Waals surface area (Å²) < 4.78 is 0. The van der Waals surface area contributed by atoms with Gasteiger partial charge in [-0.1, -0.05) is 0 Å². The van der Waals surface area contributed by atoms with Gasteiger partial charge in [-0.15, -0.1) is 0 Å². The predicted molar refractivity (Wildman–Crippen MR) is 58.6 cm³/mol. The lowest BCUT2D eigenvalue weighted by Gasteiger charge is -2.29. The number of aliphatic hydroxyl groups excluding tert-OH is 1. The van der Waals surface area contributed by atoms with E-state index in [0.29, 0.717) is 6.54 Å². The van der Waals surface area contributed by atoms with E-state index in [1.807, 2.05) is 16.8 Å². The Kier molecular flexibility index (Phi) is 5.60. The molecule has 1 aliphatic heterocycles. The molecule has 1 heterocycles. The highest BCUT2D eigenvalue weighted by Gasteiger charge is 2.16. The zero-order chi connectivity index (χ0) is 11.1. The Morgan fingerprint density at radius 2 is 2.13 bits per heavy atom. The maximum Gasteiger partial charge on any atom is 0.236 e. The van der Waals surface area contributed by atoms with Crippen LogP contribution in [0.5, 0.6) is 0 Å². The molecule has 0 aromatic rings. The highest BCUT2D eigenvalue weighted by molar-refractivity contribution is 5.78. The molecule has 0 atom stereocenters. The van der Waals surface area contributed by atoms with Crippen molar-refractivity contribution in [3.05, 3.63) is 0 Å². The van der Waals surface area contributed by atoms with Crippen LogP contribution < -0.4 is 5.32 Å². The van der Waals surface area contributed by atoms with Crippen LogP contribution in [0.4, 0.5) is 0 Å². The zero-order valence-corrected chi connectivity index (χ0v) is 9.41. The number of likely N-dealkylation sites (N-methyl/N-ethyl adjacent to an activating group) is 1. The van der Waals surface area contributed by atoms with Crippen molar-refractivity contribution in [2.24, 2.45) is 0 Å².